The van der Waals surface area contributed by atoms with Crippen molar-refractivity contribution in [2.45, 2.75) is 46.0 Å². The second kappa shape index (κ2) is 10.9. The highest BCUT2D eigenvalue weighted by molar-refractivity contribution is 5.85. The second-order valence-electron chi connectivity index (χ2n) is 3.94. The van der Waals surface area contributed by atoms with E-state index in [2.05, 4.69) is 13.2 Å². The van der Waals surface area contributed by atoms with Crippen LogP contribution in [0.3, 0.4) is 0 Å². The summed E-state index contributed by atoms with van der Waals surface area (Å²) in [5.41, 5.74) is 0.352. The van der Waals surface area contributed by atoms with E-state index in [0.717, 1.165) is 0 Å². The summed E-state index contributed by atoms with van der Waals surface area (Å²) < 4.78 is 0. The lowest BCUT2D eigenvalue weighted by atomic mass is 10.4. The Morgan fingerprint density at radius 2 is 0.882 bits per heavy atom. The molecule has 1 fully saturated rings. The molecule has 0 amide bonds. The quantitative estimate of drug-likeness (QED) is 0.729. The van der Waals surface area contributed by atoms with E-state index in [9.17, 15) is 9.59 Å². The lowest BCUT2D eigenvalue weighted by molar-refractivity contribution is -0.133. The van der Waals surface area contributed by atoms with E-state index < -0.39 is 11.9 Å². The molecule has 0 aromatic heterocycles. The van der Waals surface area contributed by atoms with Gasteiger partial charge in [-0.15, -0.1) is 0 Å². The monoisotopic (exact) mass is 242 g/mol. The van der Waals surface area contributed by atoms with Gasteiger partial charge in [0.25, 0.3) is 0 Å². The molecule has 1 aliphatic rings. The predicted molar refractivity (Wildman–Crippen MR) is 68.0 cm³/mol. The fraction of sp³-hybridized carbons (Fsp3) is 0.538. The number of aliphatic carboxylic acids is 2. The van der Waals surface area contributed by atoms with E-state index in [4.69, 9.17) is 10.2 Å². The average molecular weight is 242 g/mol. The number of hydrogen-bond donors (Lipinski definition) is 2. The van der Waals surface area contributed by atoms with Gasteiger partial charge in [0, 0.05) is 11.1 Å². The summed E-state index contributed by atoms with van der Waals surface area (Å²) in [6.45, 7) is 9.20. The summed E-state index contributed by atoms with van der Waals surface area (Å²) in [7, 11) is 0. The molecule has 0 saturated heterocycles. The predicted octanol–water partition coefficient (Wildman–Crippen LogP) is 3.24. The molecule has 0 bridgehead atoms. The first-order chi connectivity index (χ1) is 7.79. The van der Waals surface area contributed by atoms with E-state index in [-0.39, 0.29) is 11.1 Å². The highest BCUT2D eigenvalue weighted by Crippen LogP contribution is 2.15. The van der Waals surface area contributed by atoms with Crippen LogP contribution >= 0.6 is 0 Å². The maximum Gasteiger partial charge on any atom is 0.330 e. The highest BCUT2D eigenvalue weighted by atomic mass is 16.4. The summed E-state index contributed by atoms with van der Waals surface area (Å²) in [6, 6.07) is 0. The lowest BCUT2D eigenvalue weighted by Gasteiger charge is -1.79. The zero-order valence-electron chi connectivity index (χ0n) is 10.7. The topological polar surface area (TPSA) is 74.6 Å². The number of carboxylic acids is 2. The zero-order valence-corrected chi connectivity index (χ0v) is 10.7. The van der Waals surface area contributed by atoms with Crippen LogP contribution in [0.1, 0.15) is 46.0 Å². The van der Waals surface area contributed by atoms with Crippen molar-refractivity contribution in [1.82, 2.24) is 0 Å². The normalized spacial score (nSPS) is 12.4. The van der Waals surface area contributed by atoms with Gasteiger partial charge >= 0.3 is 11.9 Å². The van der Waals surface area contributed by atoms with E-state index in [0.29, 0.717) is 0 Å². The van der Waals surface area contributed by atoms with E-state index in [1.165, 1.54) is 46.0 Å². The van der Waals surface area contributed by atoms with Gasteiger partial charge in [-0.2, -0.15) is 0 Å². The molecule has 0 spiro atoms. The molecule has 1 aliphatic carbocycles. The molecule has 2 N–H and O–H groups in total. The number of carbonyl (C=O) groups is 2. The minimum Gasteiger partial charge on any atom is -0.478 e. The van der Waals surface area contributed by atoms with Gasteiger partial charge in [0.2, 0.25) is 0 Å². The van der Waals surface area contributed by atoms with Crippen LogP contribution in [0, 0.1) is 0 Å². The minimum atomic E-state index is -0.935. The molecular formula is C13H22O4. The van der Waals surface area contributed by atoms with Crippen molar-refractivity contribution in [2.24, 2.45) is 0 Å². The summed E-state index contributed by atoms with van der Waals surface area (Å²) in [4.78, 5) is 19.2. The van der Waals surface area contributed by atoms with Crippen LogP contribution in [-0.4, -0.2) is 22.2 Å². The maximum absolute atomic E-state index is 9.60. The fourth-order valence-corrected chi connectivity index (χ4v) is 0.884. The van der Waals surface area contributed by atoms with Crippen molar-refractivity contribution < 1.29 is 19.8 Å². The van der Waals surface area contributed by atoms with Gasteiger partial charge in [0.1, 0.15) is 0 Å². The van der Waals surface area contributed by atoms with Crippen LogP contribution in [0.25, 0.3) is 0 Å². The van der Waals surface area contributed by atoms with Crippen molar-refractivity contribution in [3.8, 4) is 0 Å². The Hall–Kier alpha value is -1.58. The molecule has 1 rings (SSSR count). The van der Waals surface area contributed by atoms with Crippen LogP contribution < -0.4 is 0 Å². The average Bonchev–Trinajstić information content (AvgIpc) is 2.75. The Balaban J connectivity index is 0. The molecular weight excluding hydrogens is 220 g/mol. The molecule has 0 unspecified atom stereocenters. The summed E-state index contributed by atoms with van der Waals surface area (Å²) in [5.74, 6) is -1.87. The molecule has 4 heteroatoms. The van der Waals surface area contributed by atoms with Crippen molar-refractivity contribution in [3.05, 3.63) is 24.3 Å². The van der Waals surface area contributed by atoms with E-state index in [1.807, 2.05) is 0 Å². The van der Waals surface area contributed by atoms with Gasteiger partial charge in [-0.05, 0) is 13.8 Å². The number of carboxylic acid groups (broad SMARTS) is 2. The molecule has 0 atom stereocenters. The van der Waals surface area contributed by atoms with Gasteiger partial charge in [0.05, 0.1) is 0 Å². The molecule has 4 nitrogen and oxygen atoms in total. The molecule has 98 valence electrons. The van der Waals surface area contributed by atoms with Crippen LogP contribution in [-0.2, 0) is 9.59 Å². The first-order valence-electron chi connectivity index (χ1n) is 5.56. The largest absolute Gasteiger partial charge is 0.478 e. The Labute approximate surface area is 103 Å². The molecule has 0 radical (unpaired) electrons. The van der Waals surface area contributed by atoms with Crippen molar-refractivity contribution >= 4 is 11.9 Å². The van der Waals surface area contributed by atoms with Gasteiger partial charge < -0.3 is 10.2 Å². The SMILES string of the molecule is C1CCCC1.C=C(C)C(=O)O.C=C(C)C(=O)O. The van der Waals surface area contributed by atoms with Crippen LogP contribution in [0.2, 0.25) is 0 Å². The highest BCUT2D eigenvalue weighted by Gasteiger charge is 1.95. The lowest BCUT2D eigenvalue weighted by Crippen LogP contribution is -1.92. The standard InChI is InChI=1S/C5H10.2C4H6O2/c1-2-4-5-3-1;2*1-3(2)4(5)6/h1-5H2;2*1H2,2H3,(H,5,6). The van der Waals surface area contributed by atoms with Gasteiger partial charge in [-0.3, -0.25) is 0 Å². The first kappa shape index (κ1) is 17.8. The summed E-state index contributed by atoms with van der Waals surface area (Å²) >= 11 is 0. The Morgan fingerprint density at radius 3 is 0.941 bits per heavy atom. The third-order valence-electron chi connectivity index (χ3n) is 1.98. The third kappa shape index (κ3) is 17.1. The van der Waals surface area contributed by atoms with Crippen LogP contribution in [0.5, 0.6) is 0 Å². The molecule has 0 aromatic carbocycles. The Kier molecular flexibility index (Phi) is 11.4. The van der Waals surface area contributed by atoms with E-state index in [1.54, 1.807) is 0 Å². The molecule has 17 heavy (non-hydrogen) atoms. The zero-order chi connectivity index (χ0) is 13.8. The van der Waals surface area contributed by atoms with Crippen molar-refractivity contribution in [3.63, 3.8) is 0 Å². The van der Waals surface area contributed by atoms with Gasteiger partial charge in [0.15, 0.2) is 0 Å². The molecule has 0 aliphatic heterocycles. The van der Waals surface area contributed by atoms with Crippen molar-refractivity contribution in [2.75, 3.05) is 0 Å². The Bertz CT molecular complexity index is 220. The third-order valence-corrected chi connectivity index (χ3v) is 1.98. The molecule has 1 saturated carbocycles. The van der Waals surface area contributed by atoms with Gasteiger partial charge in [-0.1, -0.05) is 45.3 Å². The Morgan fingerprint density at radius 1 is 0.765 bits per heavy atom. The van der Waals surface area contributed by atoms with Crippen LogP contribution in [0.15, 0.2) is 24.3 Å². The number of rotatable bonds is 2. The van der Waals surface area contributed by atoms with Crippen molar-refractivity contribution in [1.29, 1.82) is 0 Å². The van der Waals surface area contributed by atoms with E-state index >= 15 is 0 Å². The minimum absolute atomic E-state index is 0.176. The smallest absolute Gasteiger partial charge is 0.330 e. The maximum atomic E-state index is 9.60. The van der Waals surface area contributed by atoms with Gasteiger partial charge in [-0.25, -0.2) is 9.59 Å². The van der Waals surface area contributed by atoms with Crippen LogP contribution in [0.4, 0.5) is 0 Å². The second-order valence-corrected chi connectivity index (χ2v) is 3.94. The first-order valence-corrected chi connectivity index (χ1v) is 5.56. The number of hydrogen-bond acceptors (Lipinski definition) is 2. The molecule has 0 aromatic rings. The summed E-state index contributed by atoms with van der Waals surface area (Å²) in [6.07, 6.45) is 7.50. The fourth-order valence-electron chi connectivity index (χ4n) is 0.884. The molecule has 0 heterocycles. The summed E-state index contributed by atoms with van der Waals surface area (Å²) in [5, 5.41) is 15.8.